The second kappa shape index (κ2) is 8.39. The first kappa shape index (κ1) is 22.3. The van der Waals surface area contributed by atoms with Crippen molar-refractivity contribution in [1.29, 1.82) is 0 Å². The summed E-state index contributed by atoms with van der Waals surface area (Å²) < 4.78 is 17.4. The van der Waals surface area contributed by atoms with Gasteiger partial charge in [0.25, 0.3) is 0 Å². The lowest BCUT2D eigenvalue weighted by atomic mass is 10.0. The average molecular weight is 519 g/mol. The number of nitrogens with zero attached hydrogens (tertiary/aromatic N) is 2. The molecule has 0 aliphatic carbocycles. The maximum absolute atomic E-state index is 15.1. The summed E-state index contributed by atoms with van der Waals surface area (Å²) >= 11 is 0. The first-order valence-corrected chi connectivity index (χ1v) is 14.8. The van der Waals surface area contributed by atoms with Gasteiger partial charge in [-0.15, -0.1) is 0 Å². The van der Waals surface area contributed by atoms with Gasteiger partial charge in [0.2, 0.25) is 0 Å². The molecular weight excluding hydrogens is 495 g/mol. The van der Waals surface area contributed by atoms with Crippen molar-refractivity contribution in [1.82, 2.24) is 9.38 Å². The minimum atomic E-state index is -3.12. The summed E-state index contributed by atoms with van der Waals surface area (Å²) in [7, 11) is -3.12. The van der Waals surface area contributed by atoms with Crippen molar-refractivity contribution < 1.29 is 4.57 Å². The van der Waals surface area contributed by atoms with Gasteiger partial charge in [0.1, 0.15) is 5.65 Å². The highest BCUT2D eigenvalue weighted by molar-refractivity contribution is 7.85. The van der Waals surface area contributed by atoms with E-state index in [1.165, 1.54) is 21.5 Å². The molecule has 0 bridgehead atoms. The molecule has 8 aromatic rings. The Morgan fingerprint density at radius 1 is 0.487 bits per heavy atom. The summed E-state index contributed by atoms with van der Waals surface area (Å²) in [5.74, 6) is 0. The quantitative estimate of drug-likeness (QED) is 0.137. The van der Waals surface area contributed by atoms with Crippen LogP contribution in [0.1, 0.15) is 0 Å². The summed E-state index contributed by atoms with van der Waals surface area (Å²) in [6, 6.07) is 47.3. The SMILES string of the molecule is O=P(c1ccccc1)(c1ccccc1)c1ccc2nc3c4cc5ccccc5cc4c4ccccc4n3c2c1. The molecule has 2 heterocycles. The fourth-order valence-electron chi connectivity index (χ4n) is 5.95. The van der Waals surface area contributed by atoms with Gasteiger partial charge < -0.3 is 4.57 Å². The van der Waals surface area contributed by atoms with E-state index < -0.39 is 7.14 Å². The highest BCUT2D eigenvalue weighted by Crippen LogP contribution is 2.43. The fourth-order valence-corrected chi connectivity index (χ4v) is 8.62. The number of para-hydroxylation sites is 1. The Kier molecular flexibility index (Phi) is 4.79. The molecule has 3 nitrogen and oxygen atoms in total. The molecular formula is C35H23N2OP. The van der Waals surface area contributed by atoms with Crippen molar-refractivity contribution in [2.24, 2.45) is 0 Å². The molecule has 0 aliphatic rings. The van der Waals surface area contributed by atoms with Crippen molar-refractivity contribution in [2.75, 3.05) is 0 Å². The lowest BCUT2D eigenvalue weighted by molar-refractivity contribution is 0.592. The van der Waals surface area contributed by atoms with E-state index in [1.54, 1.807) is 0 Å². The lowest BCUT2D eigenvalue weighted by Gasteiger charge is -2.20. The molecule has 0 saturated carbocycles. The van der Waals surface area contributed by atoms with Gasteiger partial charge in [-0.05, 0) is 52.6 Å². The van der Waals surface area contributed by atoms with Crippen molar-refractivity contribution in [2.45, 2.75) is 0 Å². The summed E-state index contributed by atoms with van der Waals surface area (Å²) in [6.45, 7) is 0. The zero-order valence-electron chi connectivity index (χ0n) is 21.0. The highest BCUT2D eigenvalue weighted by atomic mass is 31.2. The van der Waals surface area contributed by atoms with E-state index in [1.807, 2.05) is 72.8 Å². The number of aromatic nitrogens is 2. The molecule has 0 spiro atoms. The van der Waals surface area contributed by atoms with Crippen LogP contribution in [0.4, 0.5) is 0 Å². The number of hydrogen-bond donors (Lipinski definition) is 0. The van der Waals surface area contributed by atoms with Crippen LogP contribution in [0.3, 0.4) is 0 Å². The molecule has 8 rings (SSSR count). The van der Waals surface area contributed by atoms with Crippen LogP contribution < -0.4 is 15.9 Å². The smallest absolute Gasteiger partial charge is 0.171 e. The molecule has 0 unspecified atom stereocenters. The maximum atomic E-state index is 15.1. The van der Waals surface area contributed by atoms with Crippen LogP contribution in [0.5, 0.6) is 0 Å². The average Bonchev–Trinajstić information content (AvgIpc) is 3.40. The van der Waals surface area contributed by atoms with Gasteiger partial charge in [0.05, 0.1) is 16.6 Å². The number of hydrogen-bond acceptors (Lipinski definition) is 2. The van der Waals surface area contributed by atoms with E-state index in [0.717, 1.165) is 43.5 Å². The molecule has 2 aromatic heterocycles. The molecule has 39 heavy (non-hydrogen) atoms. The number of rotatable bonds is 3. The van der Waals surface area contributed by atoms with Crippen LogP contribution in [0.2, 0.25) is 0 Å². The summed E-state index contributed by atoms with van der Waals surface area (Å²) in [5.41, 5.74) is 3.85. The van der Waals surface area contributed by atoms with Gasteiger partial charge in [-0.3, -0.25) is 4.40 Å². The second-order valence-corrected chi connectivity index (χ2v) is 12.8. The van der Waals surface area contributed by atoms with Gasteiger partial charge in [-0.2, -0.15) is 0 Å². The highest BCUT2D eigenvalue weighted by Gasteiger charge is 2.30. The van der Waals surface area contributed by atoms with Crippen LogP contribution in [0.25, 0.3) is 49.1 Å². The zero-order chi connectivity index (χ0) is 26.0. The number of benzene rings is 6. The van der Waals surface area contributed by atoms with Crippen molar-refractivity contribution in [3.8, 4) is 0 Å². The minimum Gasteiger partial charge on any atom is -0.309 e. The molecule has 0 saturated heterocycles. The van der Waals surface area contributed by atoms with Crippen molar-refractivity contribution >= 4 is 72.2 Å². The number of imidazole rings is 1. The first-order valence-electron chi connectivity index (χ1n) is 13.1. The van der Waals surface area contributed by atoms with Crippen LogP contribution in [-0.2, 0) is 4.57 Å². The Morgan fingerprint density at radius 2 is 1.08 bits per heavy atom. The summed E-state index contributed by atoms with van der Waals surface area (Å²) in [6.07, 6.45) is 0. The van der Waals surface area contributed by atoms with E-state index >= 15 is 4.57 Å². The number of fused-ring (bicyclic) bond motifs is 9. The van der Waals surface area contributed by atoms with Crippen LogP contribution >= 0.6 is 7.14 Å². The molecule has 0 aliphatic heterocycles. The first-order chi connectivity index (χ1) is 19.2. The molecule has 184 valence electrons. The maximum Gasteiger partial charge on any atom is 0.171 e. The van der Waals surface area contributed by atoms with Gasteiger partial charge in [0, 0.05) is 26.7 Å². The normalized spacial score (nSPS) is 12.2. The van der Waals surface area contributed by atoms with Crippen molar-refractivity contribution in [3.63, 3.8) is 0 Å². The van der Waals surface area contributed by atoms with Crippen LogP contribution in [0, 0.1) is 0 Å². The molecule has 6 aromatic carbocycles. The second-order valence-electron chi connectivity index (χ2n) is 9.99. The largest absolute Gasteiger partial charge is 0.309 e. The lowest BCUT2D eigenvalue weighted by Crippen LogP contribution is -2.24. The Bertz CT molecular complexity index is 2210. The van der Waals surface area contributed by atoms with Gasteiger partial charge >= 0.3 is 0 Å². The third kappa shape index (κ3) is 3.24. The van der Waals surface area contributed by atoms with E-state index in [2.05, 4.69) is 71.1 Å². The molecule has 0 amide bonds. The van der Waals surface area contributed by atoms with Gasteiger partial charge in [-0.1, -0.05) is 103 Å². The molecule has 0 atom stereocenters. The summed E-state index contributed by atoms with van der Waals surface area (Å²) in [4.78, 5) is 5.14. The predicted octanol–water partition coefficient (Wildman–Crippen LogP) is 7.59. The third-order valence-corrected chi connectivity index (χ3v) is 10.9. The molecule has 0 fully saturated rings. The molecule has 0 radical (unpaired) electrons. The zero-order valence-corrected chi connectivity index (χ0v) is 21.9. The van der Waals surface area contributed by atoms with Crippen molar-refractivity contribution in [3.05, 3.63) is 140 Å². The van der Waals surface area contributed by atoms with Crippen LogP contribution in [-0.4, -0.2) is 9.38 Å². The van der Waals surface area contributed by atoms with Crippen LogP contribution in [0.15, 0.2) is 140 Å². The topological polar surface area (TPSA) is 34.4 Å². The predicted molar refractivity (Wildman–Crippen MR) is 165 cm³/mol. The fraction of sp³-hybridized carbons (Fsp3) is 0. The molecule has 0 N–H and O–H groups in total. The van der Waals surface area contributed by atoms with E-state index in [0.29, 0.717) is 0 Å². The minimum absolute atomic E-state index is 0.803. The Labute approximate surface area is 225 Å². The summed E-state index contributed by atoms with van der Waals surface area (Å²) in [5, 5.41) is 8.32. The Hall–Kier alpha value is -4.72. The third-order valence-electron chi connectivity index (χ3n) is 7.80. The standard InChI is InChI=1S/C35H23N2OP/c38-39(26-13-3-1-4-14-26,27-15-5-2-6-16-27)28-19-20-32-34(23-28)37-33-18-10-9-17-29(33)30-21-24-11-7-8-12-25(24)22-31(30)35(37)36-32/h1-23H. The van der Waals surface area contributed by atoms with E-state index in [9.17, 15) is 0 Å². The van der Waals surface area contributed by atoms with E-state index in [4.69, 9.17) is 4.98 Å². The van der Waals surface area contributed by atoms with E-state index in [-0.39, 0.29) is 0 Å². The Balaban J connectivity index is 1.51. The van der Waals surface area contributed by atoms with Gasteiger partial charge in [-0.25, -0.2) is 4.98 Å². The monoisotopic (exact) mass is 518 g/mol. The molecule has 4 heteroatoms. The number of pyridine rings is 1. The van der Waals surface area contributed by atoms with Gasteiger partial charge in [0.15, 0.2) is 7.14 Å². The Morgan fingerprint density at radius 3 is 1.77 bits per heavy atom.